The molecular weight excluding hydrogens is 180 g/mol. The summed E-state index contributed by atoms with van der Waals surface area (Å²) in [5, 5.41) is 0. The first-order chi connectivity index (χ1) is 7.08. The highest BCUT2D eigenvalue weighted by Gasteiger charge is 2.34. The van der Waals surface area contributed by atoms with E-state index in [1.165, 1.54) is 32.1 Å². The monoisotopic (exact) mass is 210 g/mol. The average molecular weight is 210 g/mol. The lowest BCUT2D eigenvalue weighted by atomic mass is 9.79. The first-order valence-corrected chi connectivity index (χ1v) is 7.08. The molecule has 0 aromatic heterocycles. The molecule has 0 aromatic rings. The Bertz CT molecular complexity index is 173. The number of rotatable bonds is 5. The summed E-state index contributed by atoms with van der Waals surface area (Å²) in [4.78, 5) is 0. The summed E-state index contributed by atoms with van der Waals surface area (Å²) >= 11 is 0. The molecule has 0 spiro atoms. The Morgan fingerprint density at radius 1 is 1.13 bits per heavy atom. The minimum atomic E-state index is 0.924. The highest BCUT2D eigenvalue weighted by atomic mass is 14.4. The topological polar surface area (TPSA) is 0 Å². The molecule has 1 saturated carbocycles. The molecule has 15 heavy (non-hydrogen) atoms. The van der Waals surface area contributed by atoms with Crippen LogP contribution < -0.4 is 0 Å². The van der Waals surface area contributed by atoms with Crippen molar-refractivity contribution < 1.29 is 0 Å². The molecule has 1 aliphatic rings. The lowest BCUT2D eigenvalue weighted by Crippen LogP contribution is -2.18. The molecule has 1 fully saturated rings. The van der Waals surface area contributed by atoms with Gasteiger partial charge >= 0.3 is 0 Å². The standard InChI is InChI=1S/C15H30/c1-6-11(3)8-13(5)15-10-12(4)9-14(15)7-2/h11-15H,6-10H2,1-5H3. The van der Waals surface area contributed by atoms with Crippen LogP contribution in [0.2, 0.25) is 0 Å². The van der Waals surface area contributed by atoms with Gasteiger partial charge in [0.05, 0.1) is 0 Å². The molecule has 1 rings (SSSR count). The average Bonchev–Trinajstić information content (AvgIpc) is 2.59. The molecule has 1 aliphatic carbocycles. The van der Waals surface area contributed by atoms with Crippen molar-refractivity contribution in [1.29, 1.82) is 0 Å². The quantitative estimate of drug-likeness (QED) is 0.590. The predicted octanol–water partition coefficient (Wildman–Crippen LogP) is 5.13. The second kappa shape index (κ2) is 5.92. The minimum absolute atomic E-state index is 0.924. The van der Waals surface area contributed by atoms with Gasteiger partial charge in [-0.05, 0) is 48.9 Å². The van der Waals surface area contributed by atoms with Gasteiger partial charge in [0.15, 0.2) is 0 Å². The Kier molecular flexibility index (Phi) is 5.15. The summed E-state index contributed by atoms with van der Waals surface area (Å²) in [6.45, 7) is 12.1. The highest BCUT2D eigenvalue weighted by Crippen LogP contribution is 2.43. The van der Waals surface area contributed by atoms with Crippen LogP contribution in [-0.4, -0.2) is 0 Å². The first kappa shape index (κ1) is 13.1. The van der Waals surface area contributed by atoms with E-state index in [2.05, 4.69) is 34.6 Å². The lowest BCUT2D eigenvalue weighted by Gasteiger charge is -2.27. The Morgan fingerprint density at radius 3 is 2.33 bits per heavy atom. The smallest absolute Gasteiger partial charge is 0.0357 e. The van der Waals surface area contributed by atoms with Crippen molar-refractivity contribution in [2.45, 2.75) is 66.7 Å². The molecule has 0 N–H and O–H groups in total. The third-order valence-electron chi connectivity index (χ3n) is 4.71. The van der Waals surface area contributed by atoms with E-state index in [-0.39, 0.29) is 0 Å². The molecule has 5 atom stereocenters. The molecule has 0 bridgehead atoms. The van der Waals surface area contributed by atoms with Gasteiger partial charge in [0, 0.05) is 0 Å². The molecule has 0 saturated heterocycles. The third kappa shape index (κ3) is 3.50. The van der Waals surface area contributed by atoms with E-state index in [1.807, 2.05) is 0 Å². The first-order valence-electron chi connectivity index (χ1n) is 7.08. The zero-order valence-corrected chi connectivity index (χ0v) is 11.4. The molecular formula is C15H30. The summed E-state index contributed by atoms with van der Waals surface area (Å²) in [6, 6.07) is 0. The second-order valence-electron chi connectivity index (χ2n) is 6.14. The summed E-state index contributed by atoms with van der Waals surface area (Å²) in [6.07, 6.45) is 7.19. The van der Waals surface area contributed by atoms with Crippen LogP contribution in [0.1, 0.15) is 66.7 Å². The van der Waals surface area contributed by atoms with Crippen molar-refractivity contribution in [2.75, 3.05) is 0 Å². The maximum absolute atomic E-state index is 2.50. The number of hydrogen-bond donors (Lipinski definition) is 0. The van der Waals surface area contributed by atoms with Gasteiger partial charge in [-0.1, -0.05) is 47.5 Å². The maximum atomic E-state index is 2.50. The Labute approximate surface area is 96.8 Å². The highest BCUT2D eigenvalue weighted by molar-refractivity contribution is 4.84. The molecule has 90 valence electrons. The molecule has 0 heteroatoms. The van der Waals surface area contributed by atoms with Crippen molar-refractivity contribution in [2.24, 2.45) is 29.6 Å². The maximum Gasteiger partial charge on any atom is -0.0357 e. The van der Waals surface area contributed by atoms with Crippen LogP contribution in [0.15, 0.2) is 0 Å². The molecule has 0 radical (unpaired) electrons. The van der Waals surface area contributed by atoms with Crippen LogP contribution in [0, 0.1) is 29.6 Å². The van der Waals surface area contributed by atoms with Crippen molar-refractivity contribution >= 4 is 0 Å². The molecule has 0 aromatic carbocycles. The second-order valence-corrected chi connectivity index (χ2v) is 6.14. The van der Waals surface area contributed by atoms with Crippen molar-refractivity contribution in [3.8, 4) is 0 Å². The van der Waals surface area contributed by atoms with Gasteiger partial charge in [-0.25, -0.2) is 0 Å². The normalized spacial score (nSPS) is 35.4. The Morgan fingerprint density at radius 2 is 1.80 bits per heavy atom. The summed E-state index contributed by atoms with van der Waals surface area (Å²) in [7, 11) is 0. The van der Waals surface area contributed by atoms with Gasteiger partial charge in [-0.3, -0.25) is 0 Å². The van der Waals surface area contributed by atoms with E-state index < -0.39 is 0 Å². The molecule has 0 aliphatic heterocycles. The van der Waals surface area contributed by atoms with Crippen LogP contribution in [0.5, 0.6) is 0 Å². The van der Waals surface area contributed by atoms with E-state index in [0.29, 0.717) is 0 Å². The van der Waals surface area contributed by atoms with Gasteiger partial charge in [-0.2, -0.15) is 0 Å². The zero-order valence-electron chi connectivity index (χ0n) is 11.4. The van der Waals surface area contributed by atoms with Gasteiger partial charge in [-0.15, -0.1) is 0 Å². The molecule has 0 nitrogen and oxygen atoms in total. The van der Waals surface area contributed by atoms with Crippen molar-refractivity contribution in [1.82, 2.24) is 0 Å². The Hall–Kier alpha value is 0. The van der Waals surface area contributed by atoms with Gasteiger partial charge in [0.1, 0.15) is 0 Å². The van der Waals surface area contributed by atoms with Crippen molar-refractivity contribution in [3.05, 3.63) is 0 Å². The number of hydrogen-bond acceptors (Lipinski definition) is 0. The minimum Gasteiger partial charge on any atom is -0.0651 e. The molecule has 5 unspecified atom stereocenters. The van der Waals surface area contributed by atoms with Crippen LogP contribution in [0.4, 0.5) is 0 Å². The van der Waals surface area contributed by atoms with Crippen LogP contribution in [-0.2, 0) is 0 Å². The fourth-order valence-electron chi connectivity index (χ4n) is 3.59. The largest absolute Gasteiger partial charge is 0.0651 e. The zero-order chi connectivity index (χ0) is 11.4. The summed E-state index contributed by atoms with van der Waals surface area (Å²) in [5.41, 5.74) is 0. The third-order valence-corrected chi connectivity index (χ3v) is 4.71. The molecule has 0 amide bonds. The van der Waals surface area contributed by atoms with Gasteiger partial charge in [0.25, 0.3) is 0 Å². The van der Waals surface area contributed by atoms with E-state index >= 15 is 0 Å². The van der Waals surface area contributed by atoms with Crippen LogP contribution in [0.25, 0.3) is 0 Å². The Balaban J connectivity index is 2.47. The summed E-state index contributed by atoms with van der Waals surface area (Å²) < 4.78 is 0. The predicted molar refractivity (Wildman–Crippen MR) is 68.9 cm³/mol. The van der Waals surface area contributed by atoms with E-state index in [4.69, 9.17) is 0 Å². The SMILES string of the molecule is CCC(C)CC(C)C1CC(C)CC1CC. The molecule has 0 heterocycles. The summed E-state index contributed by atoms with van der Waals surface area (Å²) in [5.74, 6) is 4.92. The lowest BCUT2D eigenvalue weighted by molar-refractivity contribution is 0.232. The fourth-order valence-corrected chi connectivity index (χ4v) is 3.59. The van der Waals surface area contributed by atoms with E-state index in [0.717, 1.165) is 29.6 Å². The van der Waals surface area contributed by atoms with E-state index in [1.54, 1.807) is 0 Å². The van der Waals surface area contributed by atoms with Crippen molar-refractivity contribution in [3.63, 3.8) is 0 Å². The fraction of sp³-hybridized carbons (Fsp3) is 1.00. The van der Waals surface area contributed by atoms with Crippen LogP contribution >= 0.6 is 0 Å². The van der Waals surface area contributed by atoms with E-state index in [9.17, 15) is 0 Å². The van der Waals surface area contributed by atoms with Gasteiger partial charge in [0.2, 0.25) is 0 Å². The van der Waals surface area contributed by atoms with Crippen LogP contribution in [0.3, 0.4) is 0 Å². The van der Waals surface area contributed by atoms with Gasteiger partial charge < -0.3 is 0 Å².